The Bertz CT molecular complexity index is 625. The third-order valence-corrected chi connectivity index (χ3v) is 4.43. The molecule has 0 aromatic carbocycles. The summed E-state index contributed by atoms with van der Waals surface area (Å²) >= 11 is 0. The fourth-order valence-electron chi connectivity index (χ4n) is 3.39. The van der Waals surface area contributed by atoms with Gasteiger partial charge < -0.3 is 15.0 Å². The Labute approximate surface area is 117 Å². The zero-order valence-corrected chi connectivity index (χ0v) is 11.4. The summed E-state index contributed by atoms with van der Waals surface area (Å²) in [6.07, 6.45) is 6.28. The van der Waals surface area contributed by atoms with Crippen LogP contribution in [0.25, 0.3) is 11.0 Å². The lowest BCUT2D eigenvalue weighted by Crippen LogP contribution is -2.47. The highest BCUT2D eigenvalue weighted by Crippen LogP contribution is 2.24. The fourth-order valence-corrected chi connectivity index (χ4v) is 3.39. The van der Waals surface area contributed by atoms with Crippen molar-refractivity contribution in [2.75, 3.05) is 25.4 Å². The van der Waals surface area contributed by atoms with Gasteiger partial charge >= 0.3 is 0 Å². The van der Waals surface area contributed by atoms with Gasteiger partial charge in [0.1, 0.15) is 5.52 Å². The summed E-state index contributed by atoms with van der Waals surface area (Å²) in [5.74, 6) is 0.542. The van der Waals surface area contributed by atoms with Crippen LogP contribution >= 0.6 is 0 Å². The molecule has 0 saturated carbocycles. The van der Waals surface area contributed by atoms with Gasteiger partial charge in [0, 0.05) is 18.8 Å². The standard InChI is InChI=1S/C14H19N5O/c15-14-17-12-6-16-4-3-13(12)19(14)8-11-7-18-5-1-2-10(18)9-20-11/h3-4,6,10-11H,1-2,5,7-9H2,(H2,15,17). The maximum absolute atomic E-state index is 6.03. The SMILES string of the molecule is Nc1nc2cnccc2n1CC1CN2CCCC2CO1. The molecule has 2 aliphatic heterocycles. The Morgan fingerprint density at radius 2 is 2.40 bits per heavy atom. The van der Waals surface area contributed by atoms with Gasteiger partial charge in [-0.3, -0.25) is 9.88 Å². The second-order valence-corrected chi connectivity index (χ2v) is 5.69. The summed E-state index contributed by atoms with van der Waals surface area (Å²) < 4.78 is 8.05. The second-order valence-electron chi connectivity index (χ2n) is 5.69. The average Bonchev–Trinajstić information content (AvgIpc) is 3.04. The van der Waals surface area contributed by atoms with Crippen LogP contribution in [-0.4, -0.2) is 51.3 Å². The van der Waals surface area contributed by atoms with E-state index in [9.17, 15) is 0 Å². The third kappa shape index (κ3) is 1.96. The van der Waals surface area contributed by atoms with Crippen molar-refractivity contribution in [3.8, 4) is 0 Å². The van der Waals surface area contributed by atoms with Crippen LogP contribution in [0.5, 0.6) is 0 Å². The number of hydrogen-bond acceptors (Lipinski definition) is 5. The van der Waals surface area contributed by atoms with E-state index < -0.39 is 0 Å². The highest BCUT2D eigenvalue weighted by atomic mass is 16.5. The number of aromatic nitrogens is 3. The summed E-state index contributed by atoms with van der Waals surface area (Å²) in [4.78, 5) is 11.0. The maximum atomic E-state index is 6.03. The van der Waals surface area contributed by atoms with Crippen molar-refractivity contribution in [1.29, 1.82) is 0 Å². The van der Waals surface area contributed by atoms with E-state index in [4.69, 9.17) is 10.5 Å². The molecule has 2 aromatic heterocycles. The van der Waals surface area contributed by atoms with Gasteiger partial charge in [-0.2, -0.15) is 0 Å². The van der Waals surface area contributed by atoms with Crippen LogP contribution in [0.1, 0.15) is 12.8 Å². The molecule has 0 spiro atoms. The number of pyridine rings is 1. The molecule has 2 unspecified atom stereocenters. The first-order valence-electron chi connectivity index (χ1n) is 7.22. The fraction of sp³-hybridized carbons (Fsp3) is 0.571. The number of fused-ring (bicyclic) bond motifs is 2. The van der Waals surface area contributed by atoms with Crippen molar-refractivity contribution in [3.63, 3.8) is 0 Å². The van der Waals surface area contributed by atoms with Crippen LogP contribution in [0.4, 0.5) is 5.95 Å². The predicted molar refractivity (Wildman–Crippen MR) is 76.3 cm³/mol. The number of rotatable bonds is 2. The molecule has 2 saturated heterocycles. The molecular weight excluding hydrogens is 254 g/mol. The second kappa shape index (κ2) is 4.71. The minimum atomic E-state index is 0.192. The maximum Gasteiger partial charge on any atom is 0.201 e. The van der Waals surface area contributed by atoms with Crippen molar-refractivity contribution in [1.82, 2.24) is 19.4 Å². The lowest BCUT2D eigenvalue weighted by atomic mass is 10.2. The minimum Gasteiger partial charge on any atom is -0.373 e. The number of nitrogens with zero attached hydrogens (tertiary/aromatic N) is 4. The Balaban J connectivity index is 1.57. The highest BCUT2D eigenvalue weighted by molar-refractivity contribution is 5.77. The number of ether oxygens (including phenoxy) is 1. The molecule has 0 amide bonds. The Hall–Kier alpha value is -1.66. The monoisotopic (exact) mass is 273 g/mol. The van der Waals surface area contributed by atoms with E-state index in [2.05, 4.69) is 14.9 Å². The van der Waals surface area contributed by atoms with Gasteiger partial charge in [-0.1, -0.05) is 0 Å². The molecular formula is C14H19N5O. The van der Waals surface area contributed by atoms with E-state index in [-0.39, 0.29) is 6.10 Å². The summed E-state index contributed by atoms with van der Waals surface area (Å²) in [5, 5.41) is 0. The van der Waals surface area contributed by atoms with Gasteiger partial charge in [0.25, 0.3) is 0 Å². The van der Waals surface area contributed by atoms with E-state index in [1.807, 2.05) is 10.6 Å². The third-order valence-electron chi connectivity index (χ3n) is 4.43. The molecule has 0 aliphatic carbocycles. The van der Waals surface area contributed by atoms with Gasteiger partial charge in [0.05, 0.1) is 31.0 Å². The number of nitrogens with two attached hydrogens (primary N) is 1. The molecule has 4 rings (SSSR count). The first-order chi connectivity index (χ1) is 9.81. The van der Waals surface area contributed by atoms with Crippen LogP contribution in [0.3, 0.4) is 0 Å². The first kappa shape index (κ1) is 12.1. The van der Waals surface area contributed by atoms with E-state index in [1.165, 1.54) is 19.4 Å². The number of imidazole rings is 1. The number of hydrogen-bond donors (Lipinski definition) is 1. The molecule has 4 heterocycles. The van der Waals surface area contributed by atoms with E-state index in [0.29, 0.717) is 12.0 Å². The molecule has 2 N–H and O–H groups in total. The molecule has 0 radical (unpaired) electrons. The van der Waals surface area contributed by atoms with Crippen LogP contribution in [0, 0.1) is 0 Å². The van der Waals surface area contributed by atoms with E-state index >= 15 is 0 Å². The zero-order chi connectivity index (χ0) is 13.5. The normalized spacial score (nSPS) is 27.0. The van der Waals surface area contributed by atoms with Gasteiger partial charge in [-0.05, 0) is 25.5 Å². The van der Waals surface area contributed by atoms with Gasteiger partial charge in [0.2, 0.25) is 5.95 Å². The summed E-state index contributed by atoms with van der Waals surface area (Å²) in [7, 11) is 0. The number of morpholine rings is 1. The highest BCUT2D eigenvalue weighted by Gasteiger charge is 2.32. The number of anilines is 1. The van der Waals surface area contributed by atoms with Gasteiger partial charge in [-0.15, -0.1) is 0 Å². The van der Waals surface area contributed by atoms with Gasteiger partial charge in [-0.25, -0.2) is 4.98 Å². The molecule has 20 heavy (non-hydrogen) atoms. The van der Waals surface area contributed by atoms with Crippen LogP contribution in [0.15, 0.2) is 18.5 Å². The van der Waals surface area contributed by atoms with Crippen molar-refractivity contribution in [2.45, 2.75) is 31.5 Å². The molecule has 0 bridgehead atoms. The predicted octanol–water partition coefficient (Wildman–Crippen LogP) is 0.877. The molecule has 6 nitrogen and oxygen atoms in total. The topological polar surface area (TPSA) is 69.2 Å². The Kier molecular flexibility index (Phi) is 2.85. The average molecular weight is 273 g/mol. The molecule has 2 aromatic rings. The van der Waals surface area contributed by atoms with Crippen molar-refractivity contribution >= 4 is 17.0 Å². The van der Waals surface area contributed by atoms with Crippen molar-refractivity contribution in [3.05, 3.63) is 18.5 Å². The molecule has 106 valence electrons. The summed E-state index contributed by atoms with van der Waals surface area (Å²) in [5.41, 5.74) is 7.91. The molecule has 2 fully saturated rings. The quantitative estimate of drug-likeness (QED) is 0.879. The van der Waals surface area contributed by atoms with Crippen LogP contribution in [0.2, 0.25) is 0 Å². The van der Waals surface area contributed by atoms with E-state index in [0.717, 1.165) is 30.7 Å². The molecule has 2 atom stereocenters. The molecule has 6 heteroatoms. The smallest absolute Gasteiger partial charge is 0.201 e. The van der Waals surface area contributed by atoms with Crippen LogP contribution in [-0.2, 0) is 11.3 Å². The van der Waals surface area contributed by atoms with Crippen LogP contribution < -0.4 is 5.73 Å². The lowest BCUT2D eigenvalue weighted by molar-refractivity contribution is -0.0545. The molecule has 2 aliphatic rings. The number of nitrogen functional groups attached to an aromatic ring is 1. The minimum absolute atomic E-state index is 0.192. The van der Waals surface area contributed by atoms with Crippen molar-refractivity contribution in [2.24, 2.45) is 0 Å². The zero-order valence-electron chi connectivity index (χ0n) is 11.4. The summed E-state index contributed by atoms with van der Waals surface area (Å²) in [6.45, 7) is 3.80. The van der Waals surface area contributed by atoms with Crippen molar-refractivity contribution < 1.29 is 4.74 Å². The largest absolute Gasteiger partial charge is 0.373 e. The first-order valence-corrected chi connectivity index (χ1v) is 7.22. The Morgan fingerprint density at radius 1 is 1.45 bits per heavy atom. The summed E-state index contributed by atoms with van der Waals surface area (Å²) in [6, 6.07) is 2.59. The van der Waals surface area contributed by atoms with E-state index in [1.54, 1.807) is 12.4 Å². The van der Waals surface area contributed by atoms with Gasteiger partial charge in [0.15, 0.2) is 0 Å². The lowest BCUT2D eigenvalue weighted by Gasteiger charge is -2.35. The Morgan fingerprint density at radius 3 is 3.35 bits per heavy atom.